The van der Waals surface area contributed by atoms with Gasteiger partial charge in [-0.25, -0.2) is 0 Å². The highest BCUT2D eigenvalue weighted by Crippen LogP contribution is 2.17. The van der Waals surface area contributed by atoms with E-state index in [1.54, 1.807) is 0 Å². The van der Waals surface area contributed by atoms with Gasteiger partial charge in [-0.05, 0) is 32.6 Å². The molecule has 3 heteroatoms. The lowest BCUT2D eigenvalue weighted by atomic mass is 10.1. The van der Waals surface area contributed by atoms with Crippen molar-refractivity contribution < 1.29 is 14.6 Å². The van der Waals surface area contributed by atoms with Crippen LogP contribution in [0.3, 0.4) is 0 Å². The zero-order valence-corrected chi connectivity index (χ0v) is 9.24. The fourth-order valence-corrected chi connectivity index (χ4v) is 1.68. The maximum Gasteiger partial charge on any atom is 0.158 e. The Morgan fingerprint density at radius 2 is 2.29 bits per heavy atom. The largest absolute Gasteiger partial charge is 0.390 e. The van der Waals surface area contributed by atoms with Crippen molar-refractivity contribution in [2.24, 2.45) is 0 Å². The minimum atomic E-state index is -0.356. The summed E-state index contributed by atoms with van der Waals surface area (Å²) >= 11 is 0. The maximum atomic E-state index is 9.67. The molecule has 0 aromatic heterocycles. The molecule has 2 unspecified atom stereocenters. The van der Waals surface area contributed by atoms with Crippen LogP contribution in [-0.2, 0) is 9.47 Å². The van der Waals surface area contributed by atoms with Crippen molar-refractivity contribution in [2.75, 3.05) is 6.61 Å². The van der Waals surface area contributed by atoms with Gasteiger partial charge in [-0.2, -0.15) is 0 Å². The molecule has 0 spiro atoms. The van der Waals surface area contributed by atoms with Crippen molar-refractivity contribution in [3.63, 3.8) is 0 Å². The van der Waals surface area contributed by atoms with Crippen LogP contribution in [0.15, 0.2) is 0 Å². The second kappa shape index (κ2) is 6.38. The standard InChI is InChI=1S/C11H22O3/c1-3-6-10(12)9(2)14-11-7-4-5-8-13-11/h9-12H,3-8H2,1-2H3/t9-,10?,11?/m1/s1. The zero-order chi connectivity index (χ0) is 10.4. The van der Waals surface area contributed by atoms with Gasteiger partial charge in [0, 0.05) is 6.61 Å². The second-order valence-electron chi connectivity index (χ2n) is 3.99. The third-order valence-electron chi connectivity index (χ3n) is 2.63. The topological polar surface area (TPSA) is 38.7 Å². The van der Waals surface area contributed by atoms with E-state index in [1.165, 1.54) is 6.42 Å². The van der Waals surface area contributed by atoms with Gasteiger partial charge in [0.15, 0.2) is 6.29 Å². The van der Waals surface area contributed by atoms with Crippen LogP contribution < -0.4 is 0 Å². The van der Waals surface area contributed by atoms with Crippen LogP contribution >= 0.6 is 0 Å². The van der Waals surface area contributed by atoms with Crippen LogP contribution in [0.2, 0.25) is 0 Å². The first-order valence-electron chi connectivity index (χ1n) is 5.69. The molecule has 3 atom stereocenters. The Morgan fingerprint density at radius 1 is 1.50 bits per heavy atom. The smallest absolute Gasteiger partial charge is 0.158 e. The van der Waals surface area contributed by atoms with Crippen molar-refractivity contribution in [1.82, 2.24) is 0 Å². The van der Waals surface area contributed by atoms with E-state index in [-0.39, 0.29) is 18.5 Å². The van der Waals surface area contributed by atoms with Gasteiger partial charge < -0.3 is 14.6 Å². The lowest BCUT2D eigenvalue weighted by molar-refractivity contribution is -0.202. The van der Waals surface area contributed by atoms with E-state index in [2.05, 4.69) is 6.92 Å². The Morgan fingerprint density at radius 3 is 2.86 bits per heavy atom. The van der Waals surface area contributed by atoms with Gasteiger partial charge in [0.05, 0.1) is 12.2 Å². The molecule has 0 aromatic carbocycles. The summed E-state index contributed by atoms with van der Waals surface area (Å²) in [6.07, 6.45) is 4.48. The highest BCUT2D eigenvalue weighted by Gasteiger charge is 2.21. The summed E-state index contributed by atoms with van der Waals surface area (Å²) in [5, 5.41) is 9.67. The predicted molar refractivity (Wildman–Crippen MR) is 55.1 cm³/mol. The third kappa shape index (κ3) is 3.95. The predicted octanol–water partition coefficient (Wildman–Crippen LogP) is 2.08. The molecule has 1 heterocycles. The Labute approximate surface area is 86.4 Å². The molecule has 1 rings (SSSR count). The normalized spacial score (nSPS) is 27.2. The van der Waals surface area contributed by atoms with Gasteiger partial charge in [0.2, 0.25) is 0 Å². The molecule has 1 fully saturated rings. The van der Waals surface area contributed by atoms with Crippen LogP contribution in [0.25, 0.3) is 0 Å². The first-order valence-corrected chi connectivity index (χ1v) is 5.69. The van der Waals surface area contributed by atoms with Gasteiger partial charge in [-0.1, -0.05) is 13.3 Å². The SMILES string of the molecule is CCCC(O)[C@@H](C)OC1CCCCO1. The fourth-order valence-electron chi connectivity index (χ4n) is 1.68. The molecule has 1 aliphatic heterocycles. The first-order chi connectivity index (χ1) is 6.74. The third-order valence-corrected chi connectivity index (χ3v) is 2.63. The lowest BCUT2D eigenvalue weighted by Crippen LogP contribution is -2.33. The Balaban J connectivity index is 2.20. The number of aliphatic hydroxyl groups excluding tert-OH is 1. The van der Waals surface area contributed by atoms with E-state index >= 15 is 0 Å². The summed E-state index contributed by atoms with van der Waals surface area (Å²) < 4.78 is 11.1. The Bertz CT molecular complexity index is 143. The molecule has 3 nitrogen and oxygen atoms in total. The highest BCUT2D eigenvalue weighted by atomic mass is 16.7. The number of hydrogen-bond acceptors (Lipinski definition) is 3. The molecule has 1 N–H and O–H groups in total. The molecule has 0 amide bonds. The molecule has 0 aliphatic carbocycles. The molecule has 0 radical (unpaired) electrons. The maximum absolute atomic E-state index is 9.67. The van der Waals surface area contributed by atoms with E-state index < -0.39 is 0 Å². The van der Waals surface area contributed by atoms with Crippen LogP contribution in [-0.4, -0.2) is 30.2 Å². The molecule has 1 aliphatic rings. The molecule has 84 valence electrons. The first kappa shape index (κ1) is 12.0. The summed E-state index contributed by atoms with van der Waals surface area (Å²) in [7, 11) is 0. The van der Waals surface area contributed by atoms with E-state index in [4.69, 9.17) is 9.47 Å². The zero-order valence-electron chi connectivity index (χ0n) is 9.24. The summed E-state index contributed by atoms with van der Waals surface area (Å²) in [6, 6.07) is 0. The molecule has 1 saturated heterocycles. The van der Waals surface area contributed by atoms with E-state index in [0.29, 0.717) is 0 Å². The van der Waals surface area contributed by atoms with Gasteiger partial charge in [0.25, 0.3) is 0 Å². The lowest BCUT2D eigenvalue weighted by Gasteiger charge is -2.28. The Kier molecular flexibility index (Phi) is 5.45. The summed E-state index contributed by atoms with van der Waals surface area (Å²) in [5.41, 5.74) is 0. The highest BCUT2D eigenvalue weighted by molar-refractivity contribution is 4.65. The van der Waals surface area contributed by atoms with Crippen molar-refractivity contribution in [3.05, 3.63) is 0 Å². The fraction of sp³-hybridized carbons (Fsp3) is 1.00. The van der Waals surface area contributed by atoms with Gasteiger partial charge in [0.1, 0.15) is 0 Å². The van der Waals surface area contributed by atoms with E-state index in [1.807, 2.05) is 6.92 Å². The number of ether oxygens (including phenoxy) is 2. The van der Waals surface area contributed by atoms with Gasteiger partial charge in [-0.3, -0.25) is 0 Å². The monoisotopic (exact) mass is 202 g/mol. The van der Waals surface area contributed by atoms with E-state index in [0.717, 1.165) is 32.3 Å². The summed E-state index contributed by atoms with van der Waals surface area (Å²) in [6.45, 7) is 4.77. The van der Waals surface area contributed by atoms with Crippen LogP contribution in [0.1, 0.15) is 46.0 Å². The van der Waals surface area contributed by atoms with Crippen molar-refractivity contribution >= 4 is 0 Å². The minimum absolute atomic E-state index is 0.0924. The van der Waals surface area contributed by atoms with Gasteiger partial charge in [-0.15, -0.1) is 0 Å². The second-order valence-corrected chi connectivity index (χ2v) is 3.99. The number of aliphatic hydroxyl groups is 1. The van der Waals surface area contributed by atoms with E-state index in [9.17, 15) is 5.11 Å². The van der Waals surface area contributed by atoms with Crippen molar-refractivity contribution in [2.45, 2.75) is 64.4 Å². The average Bonchev–Trinajstić information content (AvgIpc) is 2.19. The molecule has 0 bridgehead atoms. The van der Waals surface area contributed by atoms with Crippen LogP contribution in [0.4, 0.5) is 0 Å². The average molecular weight is 202 g/mol. The minimum Gasteiger partial charge on any atom is -0.390 e. The summed E-state index contributed by atoms with van der Waals surface area (Å²) in [5.74, 6) is 0. The van der Waals surface area contributed by atoms with Gasteiger partial charge >= 0.3 is 0 Å². The van der Waals surface area contributed by atoms with Crippen molar-refractivity contribution in [1.29, 1.82) is 0 Å². The molecule has 0 saturated carbocycles. The summed E-state index contributed by atoms with van der Waals surface area (Å²) in [4.78, 5) is 0. The number of rotatable bonds is 5. The Hall–Kier alpha value is -0.120. The molecule has 14 heavy (non-hydrogen) atoms. The number of hydrogen-bond donors (Lipinski definition) is 1. The van der Waals surface area contributed by atoms with Crippen LogP contribution in [0.5, 0.6) is 0 Å². The molecular formula is C11H22O3. The van der Waals surface area contributed by atoms with Crippen molar-refractivity contribution in [3.8, 4) is 0 Å². The molecular weight excluding hydrogens is 180 g/mol. The molecule has 0 aromatic rings. The quantitative estimate of drug-likeness (QED) is 0.741. The van der Waals surface area contributed by atoms with Crippen LogP contribution in [0, 0.1) is 0 Å².